The van der Waals surface area contributed by atoms with E-state index in [9.17, 15) is 14.9 Å². The Morgan fingerprint density at radius 3 is 2.58 bits per heavy atom. The van der Waals surface area contributed by atoms with Crippen LogP contribution in [0, 0.1) is 22.2 Å². The molecule has 1 saturated heterocycles. The van der Waals surface area contributed by atoms with Gasteiger partial charge in [0.15, 0.2) is 5.78 Å². The first-order valence-corrected chi connectivity index (χ1v) is 9.01. The molecule has 0 aromatic heterocycles. The van der Waals surface area contributed by atoms with Gasteiger partial charge in [-0.1, -0.05) is 13.8 Å². The number of likely N-dealkylation sites (tertiary alicyclic amines) is 1. The van der Waals surface area contributed by atoms with E-state index < -0.39 is 5.41 Å². The number of hydrogen-bond acceptors (Lipinski definition) is 6. The minimum absolute atomic E-state index is 0.0149. The number of nitriles is 1. The first-order valence-electron chi connectivity index (χ1n) is 9.01. The normalized spacial score (nSPS) is 24.1. The van der Waals surface area contributed by atoms with Crippen LogP contribution in [0.4, 0.5) is 4.79 Å². The zero-order valence-corrected chi connectivity index (χ0v) is 15.6. The van der Waals surface area contributed by atoms with Crippen molar-refractivity contribution < 1.29 is 19.1 Å². The number of Topliss-reactive ketones (excluding diaryl/α,β-unsaturated/α-hetero) is 1. The lowest BCUT2D eigenvalue weighted by atomic mass is 9.61. The van der Waals surface area contributed by atoms with Crippen LogP contribution in [0.5, 0.6) is 0 Å². The van der Waals surface area contributed by atoms with Crippen LogP contribution in [-0.2, 0) is 14.3 Å². The molecule has 1 fully saturated rings. The number of fused-ring (bicyclic) bond motifs is 1. The fourth-order valence-electron chi connectivity index (χ4n) is 4.38. The summed E-state index contributed by atoms with van der Waals surface area (Å²) in [5, 5.41) is 9.71. The highest BCUT2D eigenvalue weighted by Crippen LogP contribution is 2.54. The average molecular weight is 359 g/mol. The molecule has 0 atom stereocenters. The average Bonchev–Trinajstić information content (AvgIpc) is 2.54. The Hall–Kier alpha value is -2.49. The minimum Gasteiger partial charge on any atom is -0.450 e. The van der Waals surface area contributed by atoms with Crippen molar-refractivity contribution in [3.8, 4) is 6.07 Å². The third-order valence-electron chi connectivity index (χ3n) is 5.53. The quantitative estimate of drug-likeness (QED) is 0.771. The lowest BCUT2D eigenvalue weighted by Crippen LogP contribution is -2.49. The Balaban J connectivity index is 1.99. The molecule has 0 saturated carbocycles. The number of nitrogens with zero attached hydrogens (tertiary/aromatic N) is 2. The molecule has 1 spiro atoms. The summed E-state index contributed by atoms with van der Waals surface area (Å²) in [6.45, 7) is 6.93. The molecule has 26 heavy (non-hydrogen) atoms. The fraction of sp³-hybridized carbons (Fsp3) is 0.632. The molecular weight excluding hydrogens is 334 g/mol. The Morgan fingerprint density at radius 1 is 1.35 bits per heavy atom. The van der Waals surface area contributed by atoms with Crippen LogP contribution >= 0.6 is 0 Å². The van der Waals surface area contributed by atoms with E-state index in [0.717, 1.165) is 0 Å². The summed E-state index contributed by atoms with van der Waals surface area (Å²) in [4.78, 5) is 26.6. The molecular formula is C19H25N3O4. The Labute approximate surface area is 153 Å². The summed E-state index contributed by atoms with van der Waals surface area (Å²) in [6, 6.07) is 2.17. The van der Waals surface area contributed by atoms with E-state index in [-0.39, 0.29) is 23.2 Å². The number of amides is 1. The highest BCUT2D eigenvalue weighted by atomic mass is 16.6. The fourth-order valence-corrected chi connectivity index (χ4v) is 4.38. The van der Waals surface area contributed by atoms with Crippen molar-refractivity contribution in [1.29, 1.82) is 5.26 Å². The Kier molecular flexibility index (Phi) is 4.47. The van der Waals surface area contributed by atoms with Gasteiger partial charge in [0, 0.05) is 36.9 Å². The van der Waals surface area contributed by atoms with Crippen LogP contribution < -0.4 is 5.73 Å². The number of allylic oxidation sites excluding steroid dienone is 3. The molecule has 3 aliphatic rings. The van der Waals surface area contributed by atoms with Crippen LogP contribution in [0.15, 0.2) is 22.8 Å². The van der Waals surface area contributed by atoms with E-state index in [1.807, 2.05) is 13.8 Å². The maximum Gasteiger partial charge on any atom is 0.409 e. The number of ether oxygens (including phenoxy) is 2. The lowest BCUT2D eigenvalue weighted by molar-refractivity contribution is -0.120. The molecule has 0 unspecified atom stereocenters. The summed E-state index contributed by atoms with van der Waals surface area (Å²) < 4.78 is 10.8. The van der Waals surface area contributed by atoms with Crippen LogP contribution in [0.2, 0.25) is 0 Å². The van der Waals surface area contributed by atoms with Gasteiger partial charge in [0.2, 0.25) is 5.88 Å². The molecule has 1 amide bonds. The van der Waals surface area contributed by atoms with Gasteiger partial charge in [-0.05, 0) is 25.2 Å². The molecule has 0 aromatic rings. The highest BCUT2D eigenvalue weighted by molar-refractivity contribution is 5.99. The third-order valence-corrected chi connectivity index (χ3v) is 5.53. The van der Waals surface area contributed by atoms with Crippen LogP contribution in [-0.4, -0.2) is 36.5 Å². The van der Waals surface area contributed by atoms with Crippen LogP contribution in [0.1, 0.15) is 46.5 Å². The zero-order valence-electron chi connectivity index (χ0n) is 15.6. The van der Waals surface area contributed by atoms with Gasteiger partial charge in [-0.25, -0.2) is 4.79 Å². The molecule has 2 heterocycles. The summed E-state index contributed by atoms with van der Waals surface area (Å²) in [6.07, 6.45) is 1.58. The van der Waals surface area contributed by atoms with E-state index in [4.69, 9.17) is 15.2 Å². The van der Waals surface area contributed by atoms with Gasteiger partial charge in [0.1, 0.15) is 17.4 Å². The number of ketones is 1. The molecule has 2 aliphatic heterocycles. The Bertz CT molecular complexity index is 749. The van der Waals surface area contributed by atoms with E-state index in [1.165, 1.54) is 0 Å². The molecule has 0 bridgehead atoms. The van der Waals surface area contributed by atoms with Gasteiger partial charge >= 0.3 is 6.09 Å². The van der Waals surface area contributed by atoms with Crippen LogP contribution in [0.25, 0.3) is 0 Å². The number of carbonyl (C=O) groups is 2. The maximum absolute atomic E-state index is 13.0. The lowest BCUT2D eigenvalue weighted by Gasteiger charge is -2.47. The number of carbonyl (C=O) groups excluding carboxylic acids is 2. The molecule has 0 aromatic carbocycles. The van der Waals surface area contributed by atoms with E-state index in [0.29, 0.717) is 62.3 Å². The number of nitrogens with two attached hydrogens (primary N) is 1. The Morgan fingerprint density at radius 2 is 2.00 bits per heavy atom. The molecule has 2 N–H and O–H groups in total. The van der Waals surface area contributed by atoms with Gasteiger partial charge in [-0.2, -0.15) is 5.26 Å². The van der Waals surface area contributed by atoms with Crippen molar-refractivity contribution in [2.24, 2.45) is 16.6 Å². The maximum atomic E-state index is 13.0. The first-order chi connectivity index (χ1) is 12.2. The number of hydrogen-bond donors (Lipinski definition) is 1. The summed E-state index contributed by atoms with van der Waals surface area (Å²) in [5.41, 5.74) is 6.00. The van der Waals surface area contributed by atoms with Gasteiger partial charge in [-0.3, -0.25) is 4.79 Å². The summed E-state index contributed by atoms with van der Waals surface area (Å²) in [5.74, 6) is 0.690. The van der Waals surface area contributed by atoms with E-state index >= 15 is 0 Å². The van der Waals surface area contributed by atoms with Crippen molar-refractivity contribution in [3.63, 3.8) is 0 Å². The number of piperidine rings is 1. The van der Waals surface area contributed by atoms with Crippen molar-refractivity contribution in [1.82, 2.24) is 4.90 Å². The van der Waals surface area contributed by atoms with Gasteiger partial charge in [0.05, 0.1) is 6.61 Å². The standard InChI is InChI=1S/C19H25N3O4/c1-4-25-17(24)22-7-5-19(6-8-22)12(11-20)16(21)26-14-10-18(2,3)9-13(23)15(14)19/h4-10,21H2,1-3H3. The highest BCUT2D eigenvalue weighted by Gasteiger charge is 2.53. The van der Waals surface area contributed by atoms with Gasteiger partial charge in [0.25, 0.3) is 0 Å². The molecule has 7 heteroatoms. The second kappa shape index (κ2) is 6.35. The topological polar surface area (TPSA) is 106 Å². The molecule has 0 radical (unpaired) electrons. The molecule has 7 nitrogen and oxygen atoms in total. The van der Waals surface area contributed by atoms with Crippen molar-refractivity contribution in [3.05, 3.63) is 22.8 Å². The van der Waals surface area contributed by atoms with Crippen LogP contribution in [0.3, 0.4) is 0 Å². The monoisotopic (exact) mass is 359 g/mol. The first kappa shape index (κ1) is 18.3. The SMILES string of the molecule is CCOC(=O)N1CCC2(CC1)C(C#N)=C(N)OC1=C2C(=O)CC(C)(C)C1. The van der Waals surface area contributed by atoms with Gasteiger partial charge in [-0.15, -0.1) is 0 Å². The predicted octanol–water partition coefficient (Wildman–Crippen LogP) is 2.59. The largest absolute Gasteiger partial charge is 0.450 e. The zero-order chi connectivity index (χ0) is 19.1. The molecule has 140 valence electrons. The smallest absolute Gasteiger partial charge is 0.409 e. The molecule has 3 rings (SSSR count). The van der Waals surface area contributed by atoms with Crippen molar-refractivity contribution in [2.75, 3.05) is 19.7 Å². The summed E-state index contributed by atoms with van der Waals surface area (Å²) >= 11 is 0. The van der Waals surface area contributed by atoms with Crippen molar-refractivity contribution >= 4 is 11.9 Å². The molecule has 1 aliphatic carbocycles. The van der Waals surface area contributed by atoms with Gasteiger partial charge < -0.3 is 20.1 Å². The third kappa shape index (κ3) is 2.83. The number of rotatable bonds is 1. The second-order valence-electron chi connectivity index (χ2n) is 7.96. The summed E-state index contributed by atoms with van der Waals surface area (Å²) in [7, 11) is 0. The second-order valence-corrected chi connectivity index (χ2v) is 7.96. The minimum atomic E-state index is -0.761. The van der Waals surface area contributed by atoms with E-state index in [1.54, 1.807) is 11.8 Å². The van der Waals surface area contributed by atoms with E-state index in [2.05, 4.69) is 6.07 Å². The predicted molar refractivity (Wildman–Crippen MR) is 93.2 cm³/mol. The van der Waals surface area contributed by atoms with Crippen molar-refractivity contribution in [2.45, 2.75) is 46.5 Å².